The molecular weight excluding hydrogens is 253 g/mol. The van der Waals surface area contributed by atoms with Crippen molar-refractivity contribution in [2.75, 3.05) is 7.05 Å². The molecule has 2 rings (SSSR count). The average molecular weight is 268 g/mol. The SMILES string of the molecule is CNC(Cc1nccn1C)c1ccc(Cl)cc1F. The molecule has 1 aromatic carbocycles. The Labute approximate surface area is 111 Å². The maximum Gasteiger partial charge on any atom is 0.129 e. The molecule has 96 valence electrons. The van der Waals surface area contributed by atoms with Crippen molar-refractivity contribution in [1.29, 1.82) is 0 Å². The summed E-state index contributed by atoms with van der Waals surface area (Å²) in [6, 6.07) is 4.62. The summed E-state index contributed by atoms with van der Waals surface area (Å²) in [7, 11) is 3.73. The van der Waals surface area contributed by atoms with E-state index < -0.39 is 0 Å². The third kappa shape index (κ3) is 2.71. The highest BCUT2D eigenvalue weighted by atomic mass is 35.5. The minimum Gasteiger partial charge on any atom is -0.338 e. The van der Waals surface area contributed by atoms with Crippen LogP contribution in [0.5, 0.6) is 0 Å². The van der Waals surface area contributed by atoms with Gasteiger partial charge < -0.3 is 9.88 Å². The fourth-order valence-electron chi connectivity index (χ4n) is 1.93. The van der Waals surface area contributed by atoms with Crippen LogP contribution in [-0.2, 0) is 13.5 Å². The maximum absolute atomic E-state index is 13.9. The smallest absolute Gasteiger partial charge is 0.129 e. The van der Waals surface area contributed by atoms with Crippen molar-refractivity contribution in [2.45, 2.75) is 12.5 Å². The van der Waals surface area contributed by atoms with Crippen LogP contribution in [0.25, 0.3) is 0 Å². The minimum atomic E-state index is -0.295. The van der Waals surface area contributed by atoms with Gasteiger partial charge >= 0.3 is 0 Å². The number of aromatic nitrogens is 2. The zero-order valence-corrected chi connectivity index (χ0v) is 11.1. The monoisotopic (exact) mass is 267 g/mol. The molecule has 18 heavy (non-hydrogen) atoms. The van der Waals surface area contributed by atoms with Crippen LogP contribution in [0.3, 0.4) is 0 Å². The van der Waals surface area contributed by atoms with Crippen molar-refractivity contribution in [3.63, 3.8) is 0 Å². The van der Waals surface area contributed by atoms with Gasteiger partial charge in [0.05, 0.1) is 0 Å². The van der Waals surface area contributed by atoms with Crippen molar-refractivity contribution in [2.24, 2.45) is 7.05 Å². The lowest BCUT2D eigenvalue weighted by Crippen LogP contribution is -2.21. The molecule has 0 spiro atoms. The van der Waals surface area contributed by atoms with Crippen LogP contribution in [0.1, 0.15) is 17.4 Å². The number of nitrogens with zero attached hydrogens (tertiary/aromatic N) is 2. The molecule has 0 fully saturated rings. The van der Waals surface area contributed by atoms with Gasteiger partial charge in [-0.3, -0.25) is 0 Å². The zero-order valence-electron chi connectivity index (χ0n) is 10.3. The van der Waals surface area contributed by atoms with Gasteiger partial charge in [-0.2, -0.15) is 0 Å². The summed E-state index contributed by atoms with van der Waals surface area (Å²) in [5.74, 6) is 0.611. The lowest BCUT2D eigenvalue weighted by molar-refractivity contribution is 0.519. The molecule has 1 unspecified atom stereocenters. The molecule has 0 aliphatic heterocycles. The average Bonchev–Trinajstić information content (AvgIpc) is 2.73. The molecule has 0 aliphatic carbocycles. The quantitative estimate of drug-likeness (QED) is 0.923. The van der Waals surface area contributed by atoms with Gasteiger partial charge in [0.25, 0.3) is 0 Å². The van der Waals surface area contributed by atoms with E-state index in [0.717, 1.165) is 5.82 Å². The van der Waals surface area contributed by atoms with Crippen LogP contribution < -0.4 is 5.32 Å². The first-order valence-corrected chi connectivity index (χ1v) is 6.08. The molecule has 5 heteroatoms. The van der Waals surface area contributed by atoms with Crippen LogP contribution in [0.15, 0.2) is 30.6 Å². The lowest BCUT2D eigenvalue weighted by atomic mass is 10.0. The van der Waals surface area contributed by atoms with Gasteiger partial charge in [0.1, 0.15) is 11.6 Å². The van der Waals surface area contributed by atoms with E-state index in [1.165, 1.54) is 6.07 Å². The van der Waals surface area contributed by atoms with Gasteiger partial charge in [-0.05, 0) is 19.2 Å². The number of rotatable bonds is 4. The van der Waals surface area contributed by atoms with Crippen molar-refractivity contribution >= 4 is 11.6 Å². The number of aryl methyl sites for hydroxylation is 1. The first kappa shape index (κ1) is 13.1. The second kappa shape index (κ2) is 5.50. The predicted octanol–water partition coefficient (Wildman–Crippen LogP) is 2.72. The van der Waals surface area contributed by atoms with Gasteiger partial charge in [-0.1, -0.05) is 17.7 Å². The Morgan fingerprint density at radius 1 is 1.50 bits per heavy atom. The molecule has 0 bridgehead atoms. The Bertz CT molecular complexity index is 539. The van der Waals surface area contributed by atoms with E-state index in [0.29, 0.717) is 17.0 Å². The van der Waals surface area contributed by atoms with Crippen molar-refractivity contribution in [3.8, 4) is 0 Å². The van der Waals surface area contributed by atoms with Gasteiger partial charge in [-0.25, -0.2) is 9.37 Å². The summed E-state index contributed by atoms with van der Waals surface area (Å²) in [6.45, 7) is 0. The normalized spacial score (nSPS) is 12.7. The lowest BCUT2D eigenvalue weighted by Gasteiger charge is -2.17. The Hall–Kier alpha value is -1.39. The van der Waals surface area contributed by atoms with Crippen LogP contribution in [-0.4, -0.2) is 16.6 Å². The number of hydrogen-bond acceptors (Lipinski definition) is 2. The number of likely N-dealkylation sites (N-methyl/N-ethyl adjacent to an activating group) is 1. The number of nitrogens with one attached hydrogen (secondary N) is 1. The number of imidazole rings is 1. The van der Waals surface area contributed by atoms with Crippen LogP contribution >= 0.6 is 11.6 Å². The Morgan fingerprint density at radius 2 is 2.28 bits per heavy atom. The molecule has 3 nitrogen and oxygen atoms in total. The molecule has 1 heterocycles. The minimum absolute atomic E-state index is 0.122. The van der Waals surface area contributed by atoms with Gasteiger partial charge in [0, 0.05) is 42.5 Å². The van der Waals surface area contributed by atoms with E-state index in [1.54, 1.807) is 18.3 Å². The largest absolute Gasteiger partial charge is 0.338 e. The highest BCUT2D eigenvalue weighted by Gasteiger charge is 2.16. The first-order valence-electron chi connectivity index (χ1n) is 5.70. The molecular formula is C13H15ClFN3. The van der Waals surface area contributed by atoms with Crippen molar-refractivity contribution < 1.29 is 4.39 Å². The summed E-state index contributed by atoms with van der Waals surface area (Å²) in [5, 5.41) is 3.51. The van der Waals surface area contributed by atoms with E-state index in [4.69, 9.17) is 11.6 Å². The van der Waals surface area contributed by atoms with Crippen LogP contribution in [0, 0.1) is 5.82 Å². The van der Waals surface area contributed by atoms with E-state index >= 15 is 0 Å². The second-order valence-corrected chi connectivity index (χ2v) is 4.60. The maximum atomic E-state index is 13.9. The van der Waals surface area contributed by atoms with Crippen molar-refractivity contribution in [3.05, 3.63) is 52.8 Å². The fraction of sp³-hybridized carbons (Fsp3) is 0.308. The van der Waals surface area contributed by atoms with E-state index in [-0.39, 0.29) is 11.9 Å². The van der Waals surface area contributed by atoms with E-state index in [2.05, 4.69) is 10.3 Å². The Morgan fingerprint density at radius 3 is 2.83 bits per heavy atom. The van der Waals surface area contributed by atoms with E-state index in [9.17, 15) is 4.39 Å². The highest BCUT2D eigenvalue weighted by molar-refractivity contribution is 6.30. The van der Waals surface area contributed by atoms with Crippen LogP contribution in [0.4, 0.5) is 4.39 Å². The zero-order chi connectivity index (χ0) is 13.1. The molecule has 1 N–H and O–H groups in total. The third-order valence-electron chi connectivity index (χ3n) is 2.99. The predicted molar refractivity (Wildman–Crippen MR) is 70.1 cm³/mol. The van der Waals surface area contributed by atoms with Gasteiger partial charge in [0.2, 0.25) is 0 Å². The molecule has 0 saturated heterocycles. The Balaban J connectivity index is 2.26. The van der Waals surface area contributed by atoms with Gasteiger partial charge in [-0.15, -0.1) is 0 Å². The molecule has 0 aliphatic rings. The molecule has 1 atom stereocenters. The summed E-state index contributed by atoms with van der Waals surface area (Å²) >= 11 is 5.76. The van der Waals surface area contributed by atoms with Gasteiger partial charge in [0.15, 0.2) is 0 Å². The topological polar surface area (TPSA) is 29.9 Å². The fourth-order valence-corrected chi connectivity index (χ4v) is 2.09. The molecule has 0 amide bonds. The van der Waals surface area contributed by atoms with E-state index in [1.807, 2.05) is 24.9 Å². The summed E-state index contributed by atoms with van der Waals surface area (Å²) < 4.78 is 15.8. The number of halogens is 2. The molecule has 0 radical (unpaired) electrons. The van der Waals surface area contributed by atoms with Crippen LogP contribution in [0.2, 0.25) is 5.02 Å². The summed E-state index contributed by atoms with van der Waals surface area (Å²) in [6.07, 6.45) is 4.24. The van der Waals surface area contributed by atoms with Crippen molar-refractivity contribution in [1.82, 2.24) is 14.9 Å². The highest BCUT2D eigenvalue weighted by Crippen LogP contribution is 2.23. The molecule has 0 saturated carbocycles. The second-order valence-electron chi connectivity index (χ2n) is 4.17. The Kier molecular flexibility index (Phi) is 3.99. The number of hydrogen-bond donors (Lipinski definition) is 1. The molecule has 1 aromatic heterocycles. The molecule has 2 aromatic rings. The summed E-state index contributed by atoms with van der Waals surface area (Å²) in [4.78, 5) is 4.25. The number of benzene rings is 1. The first-order chi connectivity index (χ1) is 8.61. The third-order valence-corrected chi connectivity index (χ3v) is 3.23. The summed E-state index contributed by atoms with van der Waals surface area (Å²) in [5.41, 5.74) is 0.602. The standard InChI is InChI=1S/C13H15ClFN3/c1-16-12(8-13-17-5-6-18(13)2)10-4-3-9(14)7-11(10)15/h3-7,12,16H,8H2,1-2H3.